The lowest BCUT2D eigenvalue weighted by Crippen LogP contribution is -2.39. The Labute approximate surface area is 128 Å². The van der Waals surface area contributed by atoms with Gasteiger partial charge in [-0.15, -0.1) is 0 Å². The van der Waals surface area contributed by atoms with Crippen LogP contribution in [0, 0.1) is 5.92 Å². The smallest absolute Gasteiger partial charge is 0.0406 e. The molecule has 1 aliphatic heterocycles. The third kappa shape index (κ3) is 5.43. The molecule has 3 heteroatoms. The van der Waals surface area contributed by atoms with Crippen molar-refractivity contribution in [3.63, 3.8) is 0 Å². The monoisotopic (exact) mass is 294 g/mol. The molecule has 1 aromatic rings. The zero-order valence-corrected chi connectivity index (χ0v) is 13.5. The van der Waals surface area contributed by atoms with Crippen LogP contribution in [0.15, 0.2) is 24.3 Å². The van der Waals surface area contributed by atoms with Crippen molar-refractivity contribution in [2.24, 2.45) is 5.92 Å². The second-order valence-electron chi connectivity index (χ2n) is 6.31. The average molecular weight is 295 g/mol. The van der Waals surface area contributed by atoms with Crippen molar-refractivity contribution in [2.45, 2.75) is 39.2 Å². The van der Waals surface area contributed by atoms with Gasteiger partial charge in [0.15, 0.2) is 0 Å². The Morgan fingerprint density at radius 1 is 1.30 bits per heavy atom. The van der Waals surface area contributed by atoms with Crippen molar-refractivity contribution in [3.05, 3.63) is 34.9 Å². The second-order valence-corrected chi connectivity index (χ2v) is 6.75. The van der Waals surface area contributed by atoms with E-state index in [1.165, 1.54) is 31.5 Å². The summed E-state index contributed by atoms with van der Waals surface area (Å²) in [6.07, 6.45) is 3.65. The zero-order valence-electron chi connectivity index (χ0n) is 12.7. The summed E-state index contributed by atoms with van der Waals surface area (Å²) in [5.74, 6) is 0.767. The minimum atomic E-state index is 0.655. The number of rotatable bonds is 5. The van der Waals surface area contributed by atoms with Crippen LogP contribution in [-0.4, -0.2) is 37.1 Å². The minimum Gasteiger partial charge on any atom is -0.313 e. The molecule has 0 aliphatic carbocycles. The molecule has 20 heavy (non-hydrogen) atoms. The molecule has 0 amide bonds. The maximum absolute atomic E-state index is 5.93. The summed E-state index contributed by atoms with van der Waals surface area (Å²) in [5.41, 5.74) is 1.38. The molecule has 0 radical (unpaired) electrons. The molecule has 2 nitrogen and oxygen atoms in total. The first-order chi connectivity index (χ1) is 9.63. The van der Waals surface area contributed by atoms with E-state index in [1.807, 2.05) is 12.1 Å². The fourth-order valence-electron chi connectivity index (χ4n) is 2.94. The normalized spacial score (nSPS) is 21.1. The van der Waals surface area contributed by atoms with Gasteiger partial charge in [-0.3, -0.25) is 0 Å². The van der Waals surface area contributed by atoms with Gasteiger partial charge in [0.25, 0.3) is 0 Å². The topological polar surface area (TPSA) is 15.3 Å². The Kier molecular flexibility index (Phi) is 6.34. The van der Waals surface area contributed by atoms with Crippen LogP contribution in [0.4, 0.5) is 0 Å². The van der Waals surface area contributed by atoms with Gasteiger partial charge in [-0.1, -0.05) is 37.6 Å². The van der Waals surface area contributed by atoms with Crippen molar-refractivity contribution in [1.29, 1.82) is 0 Å². The van der Waals surface area contributed by atoms with E-state index in [9.17, 15) is 0 Å². The van der Waals surface area contributed by atoms with Crippen LogP contribution in [0.5, 0.6) is 0 Å². The highest BCUT2D eigenvalue weighted by atomic mass is 35.5. The molecular formula is C17H27ClN2. The van der Waals surface area contributed by atoms with E-state index in [0.29, 0.717) is 6.04 Å². The summed E-state index contributed by atoms with van der Waals surface area (Å²) in [6.45, 7) is 9.34. The molecule has 0 bridgehead atoms. The highest BCUT2D eigenvalue weighted by Crippen LogP contribution is 2.13. The maximum Gasteiger partial charge on any atom is 0.0406 e. The Bertz CT molecular complexity index is 388. The first-order valence-electron chi connectivity index (χ1n) is 7.83. The molecule has 1 aromatic carbocycles. The molecule has 1 aliphatic rings. The molecule has 1 saturated heterocycles. The van der Waals surface area contributed by atoms with Crippen molar-refractivity contribution in [1.82, 2.24) is 10.2 Å². The van der Waals surface area contributed by atoms with Gasteiger partial charge < -0.3 is 10.2 Å². The van der Waals surface area contributed by atoms with Crippen molar-refractivity contribution in [3.8, 4) is 0 Å². The van der Waals surface area contributed by atoms with Crippen molar-refractivity contribution >= 4 is 11.6 Å². The van der Waals surface area contributed by atoms with E-state index in [1.54, 1.807) is 0 Å². The van der Waals surface area contributed by atoms with E-state index in [0.717, 1.165) is 30.5 Å². The van der Waals surface area contributed by atoms with Gasteiger partial charge in [-0.25, -0.2) is 0 Å². The fourth-order valence-corrected chi connectivity index (χ4v) is 3.07. The van der Waals surface area contributed by atoms with E-state index in [4.69, 9.17) is 11.6 Å². The lowest BCUT2D eigenvalue weighted by atomic mass is 10.0. The van der Waals surface area contributed by atoms with Gasteiger partial charge in [0.2, 0.25) is 0 Å². The Morgan fingerprint density at radius 2 is 2.05 bits per heavy atom. The number of nitrogens with zero attached hydrogens (tertiary/aromatic N) is 1. The van der Waals surface area contributed by atoms with Gasteiger partial charge in [0.05, 0.1) is 0 Å². The quantitative estimate of drug-likeness (QED) is 0.893. The highest BCUT2D eigenvalue weighted by Gasteiger charge is 2.18. The van der Waals surface area contributed by atoms with Crippen molar-refractivity contribution < 1.29 is 0 Å². The number of hydrogen-bond acceptors (Lipinski definition) is 2. The third-order valence-electron chi connectivity index (χ3n) is 3.95. The van der Waals surface area contributed by atoms with Gasteiger partial charge in [-0.2, -0.15) is 0 Å². The minimum absolute atomic E-state index is 0.655. The largest absolute Gasteiger partial charge is 0.313 e. The molecular weight excluding hydrogens is 268 g/mol. The Morgan fingerprint density at radius 3 is 2.75 bits per heavy atom. The zero-order chi connectivity index (χ0) is 14.4. The molecule has 1 fully saturated rings. The lowest BCUT2D eigenvalue weighted by Gasteiger charge is -2.25. The summed E-state index contributed by atoms with van der Waals surface area (Å²) in [7, 11) is 0. The summed E-state index contributed by atoms with van der Waals surface area (Å²) >= 11 is 5.93. The SMILES string of the molecule is CC(C)CC1CN(CCc2ccc(Cl)cc2)CCCN1. The summed E-state index contributed by atoms with van der Waals surface area (Å²) < 4.78 is 0. The van der Waals surface area contributed by atoms with Gasteiger partial charge >= 0.3 is 0 Å². The molecule has 1 atom stereocenters. The van der Waals surface area contributed by atoms with Crippen LogP contribution in [0.3, 0.4) is 0 Å². The van der Waals surface area contributed by atoms with Gasteiger partial charge in [0.1, 0.15) is 0 Å². The second kappa shape index (κ2) is 8.02. The van der Waals surface area contributed by atoms with E-state index >= 15 is 0 Å². The summed E-state index contributed by atoms with van der Waals surface area (Å²) in [5, 5.41) is 4.51. The predicted octanol–water partition coefficient (Wildman–Crippen LogP) is 3.59. The number of nitrogens with one attached hydrogen (secondary N) is 1. The van der Waals surface area contributed by atoms with Crippen LogP contribution in [0.2, 0.25) is 5.02 Å². The highest BCUT2D eigenvalue weighted by molar-refractivity contribution is 6.30. The number of hydrogen-bond donors (Lipinski definition) is 1. The number of benzene rings is 1. The van der Waals surface area contributed by atoms with Crippen LogP contribution < -0.4 is 5.32 Å². The van der Waals surface area contributed by atoms with Crippen LogP contribution in [-0.2, 0) is 6.42 Å². The van der Waals surface area contributed by atoms with Gasteiger partial charge in [0, 0.05) is 24.2 Å². The molecule has 112 valence electrons. The predicted molar refractivity (Wildman–Crippen MR) is 87.5 cm³/mol. The third-order valence-corrected chi connectivity index (χ3v) is 4.20. The van der Waals surface area contributed by atoms with Crippen LogP contribution in [0.25, 0.3) is 0 Å². The fraction of sp³-hybridized carbons (Fsp3) is 0.647. The Hall–Kier alpha value is -0.570. The van der Waals surface area contributed by atoms with Crippen molar-refractivity contribution in [2.75, 3.05) is 26.2 Å². The molecule has 2 rings (SSSR count). The van der Waals surface area contributed by atoms with E-state index < -0.39 is 0 Å². The maximum atomic E-state index is 5.93. The van der Waals surface area contributed by atoms with E-state index in [2.05, 4.69) is 36.2 Å². The summed E-state index contributed by atoms with van der Waals surface area (Å²) in [6, 6.07) is 8.92. The molecule has 0 spiro atoms. The molecule has 1 heterocycles. The standard InChI is InChI=1S/C17H27ClN2/c1-14(2)12-17-13-20(10-3-9-19-17)11-8-15-4-6-16(18)7-5-15/h4-7,14,17,19H,3,8-13H2,1-2H3. The lowest BCUT2D eigenvalue weighted by molar-refractivity contribution is 0.258. The first kappa shape index (κ1) is 15.8. The van der Waals surface area contributed by atoms with Crippen LogP contribution >= 0.6 is 11.6 Å². The first-order valence-corrected chi connectivity index (χ1v) is 8.21. The van der Waals surface area contributed by atoms with Crippen LogP contribution in [0.1, 0.15) is 32.3 Å². The van der Waals surface area contributed by atoms with E-state index in [-0.39, 0.29) is 0 Å². The average Bonchev–Trinajstić information content (AvgIpc) is 2.63. The number of halogens is 1. The van der Waals surface area contributed by atoms with Gasteiger partial charge in [-0.05, 0) is 56.0 Å². The Balaban J connectivity index is 1.82. The summed E-state index contributed by atoms with van der Waals surface area (Å²) in [4.78, 5) is 2.61. The molecule has 0 saturated carbocycles. The molecule has 1 unspecified atom stereocenters. The molecule has 1 N–H and O–H groups in total. The molecule has 0 aromatic heterocycles.